The van der Waals surface area contributed by atoms with Gasteiger partial charge in [0.15, 0.2) is 5.78 Å². The number of benzene rings is 2. The normalized spacial score (nSPS) is 32.2. The number of Topliss-reactive ketones (excluding diaryl/α,β-unsaturated/α-hetero) is 1. The third-order valence-corrected chi connectivity index (χ3v) is 6.11. The Morgan fingerprint density at radius 1 is 0.808 bits per heavy atom. The van der Waals surface area contributed by atoms with Gasteiger partial charge in [-0.25, -0.2) is 0 Å². The van der Waals surface area contributed by atoms with Crippen molar-refractivity contribution < 1.29 is 19.1 Å². The van der Waals surface area contributed by atoms with Crippen LogP contribution >= 0.6 is 0 Å². The molecule has 2 aromatic rings. The highest BCUT2D eigenvalue weighted by Crippen LogP contribution is 2.67. The fourth-order valence-electron chi connectivity index (χ4n) is 5.10. The van der Waals surface area contributed by atoms with E-state index in [1.807, 2.05) is 60.7 Å². The number of ether oxygens (including phenoxy) is 1. The van der Waals surface area contributed by atoms with E-state index in [-0.39, 0.29) is 5.78 Å². The maximum absolute atomic E-state index is 13.4. The molecule has 0 radical (unpaired) electrons. The van der Waals surface area contributed by atoms with Crippen molar-refractivity contribution in [1.29, 1.82) is 0 Å². The number of hydrogen-bond acceptors (Lipinski definition) is 4. The Labute approximate surface area is 150 Å². The van der Waals surface area contributed by atoms with E-state index in [1.165, 1.54) is 0 Å². The molecule has 3 aliphatic rings. The van der Waals surface area contributed by atoms with Crippen LogP contribution in [0.3, 0.4) is 0 Å². The third-order valence-electron chi connectivity index (χ3n) is 6.11. The molecule has 1 aliphatic heterocycles. The molecule has 2 aromatic carbocycles. The molecule has 0 aromatic heterocycles. The summed E-state index contributed by atoms with van der Waals surface area (Å²) in [6.45, 7) is 1.80. The fourth-order valence-corrected chi connectivity index (χ4v) is 5.10. The van der Waals surface area contributed by atoms with Crippen molar-refractivity contribution in [2.45, 2.75) is 6.92 Å². The van der Waals surface area contributed by atoms with Crippen molar-refractivity contribution >= 4 is 28.9 Å². The molecule has 2 bridgehead atoms. The van der Waals surface area contributed by atoms with Crippen LogP contribution in [0.4, 0.5) is 0 Å². The van der Waals surface area contributed by atoms with Crippen LogP contribution in [0.15, 0.2) is 60.7 Å². The topological polar surface area (TPSA) is 60.4 Å². The van der Waals surface area contributed by atoms with Crippen LogP contribution in [0.2, 0.25) is 0 Å². The highest BCUT2D eigenvalue weighted by atomic mass is 16.6. The Balaban J connectivity index is 1.85. The summed E-state index contributed by atoms with van der Waals surface area (Å²) in [5, 5.41) is 0. The van der Waals surface area contributed by atoms with Crippen LogP contribution in [0, 0.1) is 23.2 Å². The molecule has 4 heteroatoms. The number of carbonyl (C=O) groups excluding carboxylic acids is 3. The lowest BCUT2D eigenvalue weighted by molar-refractivity contribution is -0.156. The number of ketones is 1. The molecule has 4 nitrogen and oxygen atoms in total. The van der Waals surface area contributed by atoms with Gasteiger partial charge in [0.25, 0.3) is 0 Å². The van der Waals surface area contributed by atoms with Crippen LogP contribution in [0.1, 0.15) is 18.1 Å². The van der Waals surface area contributed by atoms with Crippen molar-refractivity contribution in [2.75, 3.05) is 0 Å². The summed E-state index contributed by atoms with van der Waals surface area (Å²) in [4.78, 5) is 38.1. The van der Waals surface area contributed by atoms with Gasteiger partial charge in [0.1, 0.15) is 0 Å². The molecule has 128 valence electrons. The first-order valence-corrected chi connectivity index (χ1v) is 8.70. The number of cyclic esters (lactones) is 2. The van der Waals surface area contributed by atoms with Crippen molar-refractivity contribution in [3.63, 3.8) is 0 Å². The van der Waals surface area contributed by atoms with Gasteiger partial charge in [-0.05, 0) is 29.2 Å². The predicted molar refractivity (Wildman–Crippen MR) is 94.4 cm³/mol. The van der Waals surface area contributed by atoms with Crippen LogP contribution < -0.4 is 0 Å². The van der Waals surface area contributed by atoms with E-state index in [0.717, 1.165) is 22.3 Å². The summed E-state index contributed by atoms with van der Waals surface area (Å²) in [5.74, 6) is -3.24. The average Bonchev–Trinajstić information content (AvgIpc) is 3.17. The third kappa shape index (κ3) is 1.66. The zero-order valence-corrected chi connectivity index (χ0v) is 14.1. The molecule has 0 N–H and O–H groups in total. The summed E-state index contributed by atoms with van der Waals surface area (Å²) in [5.41, 5.74) is 2.50. The first kappa shape index (κ1) is 15.3. The summed E-state index contributed by atoms with van der Waals surface area (Å²) in [6.07, 6.45) is 0. The lowest BCUT2D eigenvalue weighted by Crippen LogP contribution is -2.34. The highest BCUT2D eigenvalue weighted by Gasteiger charge is 2.73. The SMILES string of the molecule is CC12C(=O)C(C(c3ccccc3)=C1c1ccccc1)C1C(=O)OC(=O)C12. The molecular weight excluding hydrogens is 328 g/mol. The van der Waals surface area contributed by atoms with Gasteiger partial charge in [-0.15, -0.1) is 0 Å². The number of carbonyl (C=O) groups is 3. The van der Waals surface area contributed by atoms with Gasteiger partial charge in [-0.2, -0.15) is 0 Å². The van der Waals surface area contributed by atoms with E-state index in [9.17, 15) is 14.4 Å². The maximum atomic E-state index is 13.4. The quantitative estimate of drug-likeness (QED) is 0.620. The number of esters is 2. The molecule has 26 heavy (non-hydrogen) atoms. The minimum Gasteiger partial charge on any atom is -0.393 e. The molecule has 1 heterocycles. The van der Waals surface area contributed by atoms with Gasteiger partial charge in [0, 0.05) is 0 Å². The molecule has 0 amide bonds. The molecule has 0 spiro atoms. The van der Waals surface area contributed by atoms with Crippen molar-refractivity contribution in [2.24, 2.45) is 23.2 Å². The minimum atomic E-state index is -1.04. The second kappa shape index (κ2) is 5.01. The van der Waals surface area contributed by atoms with E-state index in [2.05, 4.69) is 0 Å². The monoisotopic (exact) mass is 344 g/mol. The van der Waals surface area contributed by atoms with Crippen molar-refractivity contribution in [3.8, 4) is 0 Å². The Morgan fingerprint density at radius 3 is 2.00 bits per heavy atom. The van der Waals surface area contributed by atoms with Crippen LogP contribution in [-0.2, 0) is 19.1 Å². The van der Waals surface area contributed by atoms with Crippen molar-refractivity contribution in [1.82, 2.24) is 0 Å². The summed E-state index contributed by atoms with van der Waals surface area (Å²) < 4.78 is 4.93. The standard InChI is InChI=1S/C22H16O4/c1-22-17(13-10-6-3-7-11-13)14(12-8-4-2-5-9-12)15(19(22)23)16-18(22)21(25)26-20(16)24/h2-11,15-16,18H,1H3. The fraction of sp³-hybridized carbons (Fsp3) is 0.227. The Morgan fingerprint density at radius 2 is 1.38 bits per heavy atom. The lowest BCUT2D eigenvalue weighted by Gasteiger charge is -2.32. The van der Waals surface area contributed by atoms with Crippen molar-refractivity contribution in [3.05, 3.63) is 71.8 Å². The summed E-state index contributed by atoms with van der Waals surface area (Å²) >= 11 is 0. The van der Waals surface area contributed by atoms with Crippen LogP contribution in [0.5, 0.6) is 0 Å². The van der Waals surface area contributed by atoms with Gasteiger partial charge in [-0.3, -0.25) is 14.4 Å². The van der Waals surface area contributed by atoms with Gasteiger partial charge in [-0.1, -0.05) is 60.7 Å². The smallest absolute Gasteiger partial charge is 0.318 e. The molecule has 4 atom stereocenters. The number of fused-ring (bicyclic) bond motifs is 5. The number of hydrogen-bond donors (Lipinski definition) is 0. The Bertz CT molecular complexity index is 989. The molecule has 2 aliphatic carbocycles. The highest BCUT2D eigenvalue weighted by molar-refractivity contribution is 6.25. The Kier molecular flexibility index (Phi) is 2.94. The molecule has 5 rings (SSSR count). The molecule has 2 fully saturated rings. The van der Waals surface area contributed by atoms with Gasteiger partial charge >= 0.3 is 11.9 Å². The van der Waals surface area contributed by atoms with E-state index in [4.69, 9.17) is 4.74 Å². The number of allylic oxidation sites excluding steroid dienone is 2. The first-order chi connectivity index (χ1) is 12.5. The van der Waals surface area contributed by atoms with Crippen LogP contribution in [-0.4, -0.2) is 17.7 Å². The van der Waals surface area contributed by atoms with Gasteiger partial charge in [0.2, 0.25) is 0 Å². The van der Waals surface area contributed by atoms with Crippen LogP contribution in [0.25, 0.3) is 11.1 Å². The minimum absolute atomic E-state index is 0.0461. The van der Waals surface area contributed by atoms with E-state index in [1.54, 1.807) is 6.92 Å². The maximum Gasteiger partial charge on any atom is 0.318 e. The molecule has 1 saturated heterocycles. The number of rotatable bonds is 2. The zero-order chi connectivity index (χ0) is 18.1. The molecule has 1 saturated carbocycles. The van der Waals surface area contributed by atoms with E-state index >= 15 is 0 Å². The average molecular weight is 344 g/mol. The molecule has 4 unspecified atom stereocenters. The second-order valence-electron chi connectivity index (χ2n) is 7.31. The second-order valence-corrected chi connectivity index (χ2v) is 7.31. The zero-order valence-electron chi connectivity index (χ0n) is 14.1. The van der Waals surface area contributed by atoms with Gasteiger partial charge < -0.3 is 4.74 Å². The lowest BCUT2D eigenvalue weighted by atomic mass is 9.66. The van der Waals surface area contributed by atoms with Gasteiger partial charge in [0.05, 0.1) is 23.2 Å². The predicted octanol–water partition coefficient (Wildman–Crippen LogP) is 3.13. The summed E-state index contributed by atoms with van der Waals surface area (Å²) in [7, 11) is 0. The largest absolute Gasteiger partial charge is 0.393 e. The van der Waals surface area contributed by atoms with E-state index in [0.29, 0.717) is 0 Å². The first-order valence-electron chi connectivity index (χ1n) is 8.70. The Hall–Kier alpha value is -3.01. The summed E-state index contributed by atoms with van der Waals surface area (Å²) in [6, 6.07) is 19.3. The molecular formula is C22H16O4. The van der Waals surface area contributed by atoms with E-state index < -0.39 is 35.1 Å².